The summed E-state index contributed by atoms with van der Waals surface area (Å²) < 4.78 is 0. The van der Waals surface area contributed by atoms with Gasteiger partial charge in [-0.25, -0.2) is 0 Å². The lowest BCUT2D eigenvalue weighted by atomic mass is 10.2. The molecule has 62 valence electrons. The average Bonchev–Trinajstić information content (AvgIpc) is 2.15. The maximum atomic E-state index is 5.51. The van der Waals surface area contributed by atoms with Crippen LogP contribution >= 0.6 is 11.6 Å². The fraction of sp³-hybridized carbons (Fsp3) is 0.100. The van der Waals surface area contributed by atoms with Gasteiger partial charge in [-0.2, -0.15) is 0 Å². The SMILES string of the molecule is C=Nc1ccccc1/C=C\CCl. The van der Waals surface area contributed by atoms with Crippen LogP contribution in [0.3, 0.4) is 0 Å². The molecule has 0 radical (unpaired) electrons. The van der Waals surface area contributed by atoms with Crippen LogP contribution in [0.5, 0.6) is 0 Å². The highest BCUT2D eigenvalue weighted by Crippen LogP contribution is 2.18. The first kappa shape index (κ1) is 9.01. The molecule has 0 N–H and O–H groups in total. The van der Waals surface area contributed by atoms with Crippen molar-refractivity contribution >= 4 is 30.1 Å². The van der Waals surface area contributed by atoms with Crippen molar-refractivity contribution in [3.05, 3.63) is 35.9 Å². The van der Waals surface area contributed by atoms with E-state index in [1.165, 1.54) is 0 Å². The molecule has 0 aliphatic heterocycles. The predicted molar refractivity (Wildman–Crippen MR) is 55.4 cm³/mol. The number of para-hydroxylation sites is 1. The summed E-state index contributed by atoms with van der Waals surface area (Å²) >= 11 is 5.51. The summed E-state index contributed by atoms with van der Waals surface area (Å²) in [5, 5.41) is 0. The normalized spacial score (nSPS) is 10.4. The van der Waals surface area contributed by atoms with E-state index in [2.05, 4.69) is 11.7 Å². The van der Waals surface area contributed by atoms with E-state index < -0.39 is 0 Å². The molecule has 0 unspecified atom stereocenters. The van der Waals surface area contributed by atoms with Crippen molar-refractivity contribution in [1.82, 2.24) is 0 Å². The van der Waals surface area contributed by atoms with Crippen molar-refractivity contribution in [1.29, 1.82) is 0 Å². The molecule has 0 aliphatic rings. The number of halogens is 1. The lowest BCUT2D eigenvalue weighted by molar-refractivity contribution is 1.52. The minimum atomic E-state index is 0.519. The number of alkyl halides is 1. The van der Waals surface area contributed by atoms with Crippen molar-refractivity contribution in [2.75, 3.05) is 5.88 Å². The summed E-state index contributed by atoms with van der Waals surface area (Å²) in [6.45, 7) is 3.48. The van der Waals surface area contributed by atoms with Gasteiger partial charge in [0.1, 0.15) is 0 Å². The lowest BCUT2D eigenvalue weighted by Crippen LogP contribution is -1.72. The number of nitrogens with zero attached hydrogens (tertiary/aromatic N) is 1. The van der Waals surface area contributed by atoms with Gasteiger partial charge in [0.25, 0.3) is 0 Å². The first-order valence-electron chi connectivity index (χ1n) is 3.66. The van der Waals surface area contributed by atoms with Gasteiger partial charge in [0.2, 0.25) is 0 Å². The molecule has 1 nitrogen and oxygen atoms in total. The Morgan fingerprint density at radius 1 is 1.42 bits per heavy atom. The summed E-state index contributed by atoms with van der Waals surface area (Å²) in [6, 6.07) is 7.79. The smallest absolute Gasteiger partial charge is 0.0694 e. The van der Waals surface area contributed by atoms with Crippen LogP contribution in [-0.4, -0.2) is 12.6 Å². The van der Waals surface area contributed by atoms with Gasteiger partial charge in [0, 0.05) is 5.88 Å². The van der Waals surface area contributed by atoms with E-state index in [1.54, 1.807) is 0 Å². The van der Waals surface area contributed by atoms with E-state index in [4.69, 9.17) is 11.6 Å². The fourth-order valence-corrected chi connectivity index (χ4v) is 1.03. The second-order valence-corrected chi connectivity index (χ2v) is 2.58. The molecule has 2 heteroatoms. The fourth-order valence-electron chi connectivity index (χ4n) is 0.944. The van der Waals surface area contributed by atoms with Crippen LogP contribution in [0, 0.1) is 0 Å². The van der Waals surface area contributed by atoms with Crippen LogP contribution in [0.15, 0.2) is 35.3 Å². The van der Waals surface area contributed by atoms with Crippen LogP contribution in [0.4, 0.5) is 5.69 Å². The van der Waals surface area contributed by atoms with Gasteiger partial charge in [-0.15, -0.1) is 11.6 Å². The van der Waals surface area contributed by atoms with E-state index >= 15 is 0 Å². The number of aliphatic imine (C=N–C) groups is 1. The Bertz CT molecular complexity index is 292. The molecule has 0 fully saturated rings. The monoisotopic (exact) mass is 179 g/mol. The zero-order valence-corrected chi connectivity index (χ0v) is 7.46. The average molecular weight is 180 g/mol. The molecule has 0 spiro atoms. The largest absolute Gasteiger partial charge is 0.264 e. The second kappa shape index (κ2) is 4.73. The molecule has 0 aromatic heterocycles. The Hall–Kier alpha value is -1.08. The van der Waals surface area contributed by atoms with Gasteiger partial charge >= 0.3 is 0 Å². The van der Waals surface area contributed by atoms with Crippen LogP contribution in [0.2, 0.25) is 0 Å². The number of rotatable bonds is 3. The molecule has 0 bridgehead atoms. The van der Waals surface area contributed by atoms with Crippen LogP contribution in [0.25, 0.3) is 6.08 Å². The molecule has 0 saturated heterocycles. The van der Waals surface area contributed by atoms with Crippen LogP contribution in [0.1, 0.15) is 5.56 Å². The minimum Gasteiger partial charge on any atom is -0.264 e. The summed E-state index contributed by atoms with van der Waals surface area (Å²) in [4.78, 5) is 3.88. The Kier molecular flexibility index (Phi) is 3.55. The topological polar surface area (TPSA) is 12.4 Å². The standard InChI is InChI=1S/C10H10ClN/c1-12-10-7-3-2-5-9(10)6-4-8-11/h2-7H,1,8H2/b6-4-. The van der Waals surface area contributed by atoms with Crippen molar-refractivity contribution < 1.29 is 0 Å². The molecule has 1 rings (SSSR count). The quantitative estimate of drug-likeness (QED) is 0.499. The van der Waals surface area contributed by atoms with E-state index in [9.17, 15) is 0 Å². The molecular weight excluding hydrogens is 170 g/mol. The van der Waals surface area contributed by atoms with E-state index in [-0.39, 0.29) is 0 Å². The Labute approximate surface area is 77.4 Å². The lowest BCUT2D eigenvalue weighted by Gasteiger charge is -1.97. The Balaban J connectivity index is 2.96. The zero-order valence-electron chi connectivity index (χ0n) is 6.70. The van der Waals surface area contributed by atoms with Crippen molar-refractivity contribution in [3.63, 3.8) is 0 Å². The minimum absolute atomic E-state index is 0.519. The van der Waals surface area contributed by atoms with E-state index in [0.717, 1.165) is 11.3 Å². The van der Waals surface area contributed by atoms with Crippen molar-refractivity contribution in [2.45, 2.75) is 0 Å². The van der Waals surface area contributed by atoms with Gasteiger partial charge < -0.3 is 0 Å². The third-order valence-corrected chi connectivity index (χ3v) is 1.67. The van der Waals surface area contributed by atoms with Gasteiger partial charge in [-0.05, 0) is 18.3 Å². The molecule has 1 aromatic carbocycles. The first-order valence-corrected chi connectivity index (χ1v) is 4.20. The third kappa shape index (κ3) is 2.21. The summed E-state index contributed by atoms with van der Waals surface area (Å²) in [5.41, 5.74) is 1.94. The highest BCUT2D eigenvalue weighted by atomic mass is 35.5. The highest BCUT2D eigenvalue weighted by Gasteiger charge is 1.92. The number of hydrogen-bond acceptors (Lipinski definition) is 1. The van der Waals surface area contributed by atoms with Crippen molar-refractivity contribution in [2.24, 2.45) is 4.99 Å². The molecule has 0 amide bonds. The number of benzene rings is 1. The summed E-state index contributed by atoms with van der Waals surface area (Å²) in [7, 11) is 0. The van der Waals surface area contributed by atoms with Crippen molar-refractivity contribution in [3.8, 4) is 0 Å². The van der Waals surface area contributed by atoms with Gasteiger partial charge in [0.15, 0.2) is 0 Å². The predicted octanol–water partition coefficient (Wildman–Crippen LogP) is 3.27. The van der Waals surface area contributed by atoms with E-state index in [1.807, 2.05) is 36.4 Å². The van der Waals surface area contributed by atoms with Gasteiger partial charge in [-0.3, -0.25) is 4.99 Å². The number of allylic oxidation sites excluding steroid dienone is 1. The van der Waals surface area contributed by atoms with Crippen LogP contribution < -0.4 is 0 Å². The first-order chi connectivity index (χ1) is 5.88. The third-order valence-electron chi connectivity index (χ3n) is 1.49. The maximum absolute atomic E-state index is 5.51. The molecule has 1 aromatic rings. The molecule has 0 saturated carbocycles. The van der Waals surface area contributed by atoms with Gasteiger partial charge in [-0.1, -0.05) is 30.4 Å². The summed E-state index contributed by atoms with van der Waals surface area (Å²) in [6.07, 6.45) is 3.82. The highest BCUT2D eigenvalue weighted by molar-refractivity contribution is 6.19. The Morgan fingerprint density at radius 2 is 2.17 bits per heavy atom. The maximum Gasteiger partial charge on any atom is 0.0694 e. The van der Waals surface area contributed by atoms with E-state index in [0.29, 0.717) is 5.88 Å². The summed E-state index contributed by atoms with van der Waals surface area (Å²) in [5.74, 6) is 0.519. The zero-order chi connectivity index (χ0) is 8.81. The molecular formula is C10H10ClN. The Morgan fingerprint density at radius 3 is 2.83 bits per heavy atom. The molecule has 0 heterocycles. The van der Waals surface area contributed by atoms with Gasteiger partial charge in [0.05, 0.1) is 5.69 Å². The second-order valence-electron chi connectivity index (χ2n) is 2.27. The molecule has 0 atom stereocenters. The molecule has 12 heavy (non-hydrogen) atoms. The number of hydrogen-bond donors (Lipinski definition) is 0. The molecule has 0 aliphatic carbocycles. The van der Waals surface area contributed by atoms with Crippen LogP contribution in [-0.2, 0) is 0 Å².